The second-order valence-corrected chi connectivity index (χ2v) is 6.15. The average Bonchev–Trinajstić information content (AvgIpc) is 2.38. The highest BCUT2D eigenvalue weighted by Gasteiger charge is 2.23. The van der Waals surface area contributed by atoms with Crippen molar-refractivity contribution in [2.45, 2.75) is 27.7 Å². The summed E-state index contributed by atoms with van der Waals surface area (Å²) in [5.74, 6) is -0.645. The number of nitrogens with one attached hydrogen (secondary N) is 1. The van der Waals surface area contributed by atoms with Crippen molar-refractivity contribution in [3.05, 3.63) is 23.5 Å². The number of carbonyl (C=O) groups is 2. The molecule has 1 rings (SSSR count). The molecule has 0 aliphatic heterocycles. The molecule has 0 unspecified atom stereocenters. The van der Waals surface area contributed by atoms with Crippen molar-refractivity contribution in [1.82, 2.24) is 9.88 Å². The van der Waals surface area contributed by atoms with Crippen LogP contribution in [0.2, 0.25) is 5.15 Å². The van der Waals surface area contributed by atoms with Gasteiger partial charge in [0.25, 0.3) is 0 Å². The van der Waals surface area contributed by atoms with E-state index in [0.717, 1.165) is 0 Å². The van der Waals surface area contributed by atoms with Crippen molar-refractivity contribution in [2.24, 2.45) is 11.8 Å². The third-order valence-electron chi connectivity index (χ3n) is 2.66. The highest BCUT2D eigenvalue weighted by atomic mass is 35.5. The monoisotopic (exact) mass is 311 g/mol. The van der Waals surface area contributed by atoms with Crippen LogP contribution in [0.3, 0.4) is 0 Å². The van der Waals surface area contributed by atoms with Crippen LogP contribution in [0, 0.1) is 11.8 Å². The summed E-state index contributed by atoms with van der Waals surface area (Å²) in [6.45, 7) is 9.14. The molecular weight excluding hydrogens is 290 g/mol. The lowest BCUT2D eigenvalue weighted by atomic mass is 10.1. The molecule has 0 fully saturated rings. The normalized spacial score (nSPS) is 10.8. The lowest BCUT2D eigenvalue weighted by Gasteiger charge is -2.25. The van der Waals surface area contributed by atoms with Crippen LogP contribution < -0.4 is 5.32 Å². The highest BCUT2D eigenvalue weighted by molar-refractivity contribution is 6.41. The molecule has 5 nitrogen and oxygen atoms in total. The number of aromatic nitrogens is 1. The molecule has 1 aromatic heterocycles. The lowest BCUT2D eigenvalue weighted by Crippen LogP contribution is -2.43. The minimum Gasteiger partial charge on any atom is -0.334 e. The minimum absolute atomic E-state index is 0.165. The summed E-state index contributed by atoms with van der Waals surface area (Å²) in [4.78, 5) is 29.8. The Morgan fingerprint density at radius 1 is 1.24 bits per heavy atom. The highest BCUT2D eigenvalue weighted by Crippen LogP contribution is 2.17. The van der Waals surface area contributed by atoms with Crippen molar-refractivity contribution in [1.29, 1.82) is 0 Å². The average molecular weight is 312 g/mol. The van der Waals surface area contributed by atoms with E-state index in [1.165, 1.54) is 6.20 Å². The molecule has 0 saturated heterocycles. The molecule has 0 saturated carbocycles. The fraction of sp³-hybridized carbons (Fsp3) is 0.533. The molecule has 0 spiro atoms. The zero-order valence-electron chi connectivity index (χ0n) is 12.9. The van der Waals surface area contributed by atoms with E-state index in [1.807, 2.05) is 27.7 Å². The van der Waals surface area contributed by atoms with Crippen molar-refractivity contribution >= 4 is 29.1 Å². The number of rotatable bonds is 5. The number of amides is 2. The van der Waals surface area contributed by atoms with Crippen LogP contribution in [-0.2, 0) is 9.59 Å². The number of hydrogen-bond acceptors (Lipinski definition) is 3. The van der Waals surface area contributed by atoms with E-state index in [4.69, 9.17) is 11.6 Å². The standard InChI is InChI=1S/C15H22ClN3O2/c1-10(2)8-19(9-11(3)4)15(21)14(20)18-12-6-5-7-17-13(12)16/h5-7,10-11H,8-9H2,1-4H3,(H,18,20). The van der Waals surface area contributed by atoms with Gasteiger partial charge in [-0.2, -0.15) is 0 Å². The Labute approximate surface area is 130 Å². The second kappa shape index (κ2) is 7.98. The van der Waals surface area contributed by atoms with Crippen LogP contribution in [0.4, 0.5) is 5.69 Å². The number of hydrogen-bond donors (Lipinski definition) is 1. The van der Waals surface area contributed by atoms with Crippen molar-refractivity contribution in [3.8, 4) is 0 Å². The predicted octanol–water partition coefficient (Wildman–Crippen LogP) is 2.81. The molecule has 0 bridgehead atoms. The molecule has 0 aromatic carbocycles. The zero-order valence-corrected chi connectivity index (χ0v) is 13.6. The van der Waals surface area contributed by atoms with Crippen molar-refractivity contribution in [3.63, 3.8) is 0 Å². The fourth-order valence-electron chi connectivity index (χ4n) is 1.92. The Morgan fingerprint density at radius 2 is 1.81 bits per heavy atom. The van der Waals surface area contributed by atoms with Gasteiger partial charge in [-0.1, -0.05) is 39.3 Å². The molecular formula is C15H22ClN3O2. The smallest absolute Gasteiger partial charge is 0.313 e. The van der Waals surface area contributed by atoms with Gasteiger partial charge >= 0.3 is 11.8 Å². The van der Waals surface area contributed by atoms with Gasteiger partial charge in [-0.05, 0) is 24.0 Å². The van der Waals surface area contributed by atoms with Crippen LogP contribution in [0.15, 0.2) is 18.3 Å². The Hall–Kier alpha value is -1.62. The number of nitrogens with zero attached hydrogens (tertiary/aromatic N) is 2. The fourth-order valence-corrected chi connectivity index (χ4v) is 2.09. The summed E-state index contributed by atoms with van der Waals surface area (Å²) in [7, 11) is 0. The topological polar surface area (TPSA) is 62.3 Å². The molecule has 1 aromatic rings. The Kier molecular flexibility index (Phi) is 6.62. The van der Waals surface area contributed by atoms with Crippen molar-refractivity contribution < 1.29 is 9.59 Å². The third kappa shape index (κ3) is 5.71. The van der Waals surface area contributed by atoms with Crippen LogP contribution in [-0.4, -0.2) is 34.8 Å². The first kappa shape index (κ1) is 17.4. The third-order valence-corrected chi connectivity index (χ3v) is 2.96. The molecule has 1 heterocycles. The van der Waals surface area contributed by atoms with Crippen LogP contribution >= 0.6 is 11.6 Å². The van der Waals surface area contributed by atoms with Gasteiger partial charge < -0.3 is 10.2 Å². The summed E-state index contributed by atoms with van der Waals surface area (Å²) in [5.41, 5.74) is 0.339. The second-order valence-electron chi connectivity index (χ2n) is 5.79. The van der Waals surface area contributed by atoms with Gasteiger partial charge in [0.05, 0.1) is 5.69 Å². The summed E-state index contributed by atoms with van der Waals surface area (Å²) in [5, 5.41) is 2.68. The molecule has 6 heteroatoms. The van der Waals surface area contributed by atoms with E-state index in [1.54, 1.807) is 17.0 Å². The van der Waals surface area contributed by atoms with E-state index < -0.39 is 11.8 Å². The largest absolute Gasteiger partial charge is 0.334 e. The molecule has 2 amide bonds. The van der Waals surface area contributed by atoms with E-state index in [9.17, 15) is 9.59 Å². The van der Waals surface area contributed by atoms with Gasteiger partial charge in [0.2, 0.25) is 0 Å². The Bertz CT molecular complexity index is 493. The molecule has 0 atom stereocenters. The van der Waals surface area contributed by atoms with Crippen molar-refractivity contribution in [2.75, 3.05) is 18.4 Å². The van der Waals surface area contributed by atoms with E-state index in [2.05, 4.69) is 10.3 Å². The van der Waals surface area contributed by atoms with Gasteiger partial charge in [-0.25, -0.2) is 4.98 Å². The number of halogens is 1. The van der Waals surface area contributed by atoms with Crippen LogP contribution in [0.5, 0.6) is 0 Å². The zero-order chi connectivity index (χ0) is 16.0. The number of pyridine rings is 1. The van der Waals surface area contributed by atoms with E-state index in [0.29, 0.717) is 30.6 Å². The maximum Gasteiger partial charge on any atom is 0.313 e. The lowest BCUT2D eigenvalue weighted by molar-refractivity contribution is -0.143. The van der Waals surface area contributed by atoms with Gasteiger partial charge in [0.15, 0.2) is 5.15 Å². The molecule has 21 heavy (non-hydrogen) atoms. The predicted molar refractivity (Wildman–Crippen MR) is 84.1 cm³/mol. The van der Waals surface area contributed by atoms with Crippen LogP contribution in [0.1, 0.15) is 27.7 Å². The van der Waals surface area contributed by atoms with Gasteiger partial charge in [0.1, 0.15) is 0 Å². The SMILES string of the molecule is CC(C)CN(CC(C)C)C(=O)C(=O)Nc1cccnc1Cl. The van der Waals surface area contributed by atoms with E-state index in [-0.39, 0.29) is 5.15 Å². The van der Waals surface area contributed by atoms with Crippen LogP contribution in [0.25, 0.3) is 0 Å². The van der Waals surface area contributed by atoms with Gasteiger partial charge in [-0.3, -0.25) is 9.59 Å². The van der Waals surface area contributed by atoms with E-state index >= 15 is 0 Å². The summed E-state index contributed by atoms with van der Waals surface area (Å²) in [6, 6.07) is 3.25. The minimum atomic E-state index is -0.689. The molecule has 0 aliphatic rings. The number of carbonyl (C=O) groups excluding carboxylic acids is 2. The maximum atomic E-state index is 12.3. The Morgan fingerprint density at radius 3 is 2.29 bits per heavy atom. The Balaban J connectivity index is 2.78. The molecule has 0 aliphatic carbocycles. The molecule has 0 radical (unpaired) electrons. The van der Waals surface area contributed by atoms with Gasteiger partial charge in [-0.15, -0.1) is 0 Å². The number of anilines is 1. The first-order valence-electron chi connectivity index (χ1n) is 7.02. The maximum absolute atomic E-state index is 12.3. The summed E-state index contributed by atoms with van der Waals surface area (Å²) >= 11 is 5.87. The summed E-state index contributed by atoms with van der Waals surface area (Å²) < 4.78 is 0. The molecule has 1 N–H and O–H groups in total. The first-order chi connectivity index (χ1) is 9.81. The quantitative estimate of drug-likeness (QED) is 0.672. The molecule has 116 valence electrons. The van der Waals surface area contributed by atoms with Gasteiger partial charge in [0, 0.05) is 19.3 Å². The summed E-state index contributed by atoms with van der Waals surface area (Å²) in [6.07, 6.45) is 1.52. The first-order valence-corrected chi connectivity index (χ1v) is 7.39.